The first-order valence-electron chi connectivity index (χ1n) is 6.39. The van der Waals surface area contributed by atoms with Crippen molar-refractivity contribution in [3.63, 3.8) is 0 Å². The smallest absolute Gasteiger partial charge is 0.306 e. The number of Topliss-reactive ketones (excluding diaryl/α,β-unsaturated/α-hetero) is 1. The lowest BCUT2D eigenvalue weighted by Crippen LogP contribution is -2.20. The monoisotopic (exact) mass is 262 g/mol. The van der Waals surface area contributed by atoms with Gasteiger partial charge in [-0.05, 0) is 36.1 Å². The molecule has 0 amide bonds. The Hall–Kier alpha value is -1.84. The van der Waals surface area contributed by atoms with Crippen LogP contribution < -0.4 is 4.74 Å². The minimum atomic E-state index is -0.324. The summed E-state index contributed by atoms with van der Waals surface area (Å²) in [6, 6.07) is 5.85. The van der Waals surface area contributed by atoms with Crippen LogP contribution in [0.4, 0.5) is 0 Å². The lowest BCUT2D eigenvalue weighted by molar-refractivity contribution is -0.143. The lowest BCUT2D eigenvalue weighted by Gasteiger charge is -2.12. The molecule has 0 heterocycles. The fraction of sp³-hybridized carbons (Fsp3) is 0.467. The maximum Gasteiger partial charge on any atom is 0.306 e. The number of carbonyl (C=O) groups is 2. The van der Waals surface area contributed by atoms with Crippen molar-refractivity contribution in [1.82, 2.24) is 0 Å². The van der Waals surface area contributed by atoms with Crippen LogP contribution >= 0.6 is 0 Å². The van der Waals surface area contributed by atoms with E-state index in [2.05, 4.69) is 4.74 Å². The quantitative estimate of drug-likeness (QED) is 0.617. The Bertz CT molecular complexity index is 493. The molecule has 0 saturated carbocycles. The molecule has 102 valence electrons. The zero-order valence-corrected chi connectivity index (χ0v) is 11.3. The van der Waals surface area contributed by atoms with Gasteiger partial charge in [0.1, 0.15) is 11.5 Å². The number of ketones is 1. The molecular formula is C15H18O4. The third-order valence-corrected chi connectivity index (χ3v) is 3.62. The van der Waals surface area contributed by atoms with Crippen LogP contribution in [0.2, 0.25) is 0 Å². The van der Waals surface area contributed by atoms with Gasteiger partial charge in [-0.25, -0.2) is 0 Å². The Morgan fingerprint density at radius 2 is 2.05 bits per heavy atom. The van der Waals surface area contributed by atoms with Crippen LogP contribution in [-0.4, -0.2) is 26.0 Å². The maximum atomic E-state index is 12.0. The molecule has 0 bridgehead atoms. The van der Waals surface area contributed by atoms with Crippen molar-refractivity contribution in [3.05, 3.63) is 29.3 Å². The lowest BCUT2D eigenvalue weighted by atomic mass is 9.93. The maximum absolute atomic E-state index is 12.0. The number of methoxy groups -OCH3 is 2. The summed E-state index contributed by atoms with van der Waals surface area (Å²) < 4.78 is 9.85. The largest absolute Gasteiger partial charge is 0.497 e. The zero-order chi connectivity index (χ0) is 13.8. The van der Waals surface area contributed by atoms with Crippen LogP contribution in [0, 0.1) is 5.92 Å². The number of hydrogen-bond donors (Lipinski definition) is 0. The third-order valence-electron chi connectivity index (χ3n) is 3.62. The molecule has 1 aliphatic carbocycles. The van der Waals surface area contributed by atoms with Crippen molar-refractivity contribution in [2.45, 2.75) is 25.7 Å². The van der Waals surface area contributed by atoms with E-state index in [0.717, 1.165) is 16.9 Å². The van der Waals surface area contributed by atoms with Crippen LogP contribution in [0.3, 0.4) is 0 Å². The van der Waals surface area contributed by atoms with E-state index < -0.39 is 0 Å². The molecule has 1 aliphatic rings. The number of hydrogen-bond acceptors (Lipinski definition) is 4. The molecule has 4 heteroatoms. The van der Waals surface area contributed by atoms with Crippen molar-refractivity contribution < 1.29 is 19.1 Å². The van der Waals surface area contributed by atoms with Gasteiger partial charge in [0.15, 0.2) is 0 Å². The normalized spacial score (nSPS) is 18.4. The molecule has 19 heavy (non-hydrogen) atoms. The van der Waals surface area contributed by atoms with Gasteiger partial charge in [0.2, 0.25) is 0 Å². The van der Waals surface area contributed by atoms with Gasteiger partial charge in [0.05, 0.1) is 20.6 Å². The standard InChI is InChI=1S/C15H18O4/c1-18-13-5-3-10-7-12(9-15(17)19-2)14(16)6-4-11(10)8-13/h3,5,8,12H,4,6-7,9H2,1-2H3. The highest BCUT2D eigenvalue weighted by Gasteiger charge is 2.26. The first kappa shape index (κ1) is 13.6. The number of esters is 1. The highest BCUT2D eigenvalue weighted by atomic mass is 16.5. The average Bonchev–Trinajstić information content (AvgIpc) is 2.58. The molecule has 0 N–H and O–H groups in total. The summed E-state index contributed by atoms with van der Waals surface area (Å²) in [5.74, 6) is 0.357. The first-order chi connectivity index (χ1) is 9.13. The van der Waals surface area contributed by atoms with E-state index in [1.807, 2.05) is 18.2 Å². The number of benzene rings is 1. The Balaban J connectivity index is 2.21. The van der Waals surface area contributed by atoms with E-state index in [9.17, 15) is 9.59 Å². The van der Waals surface area contributed by atoms with Crippen molar-refractivity contribution in [2.24, 2.45) is 5.92 Å². The predicted octanol–water partition coefficient (Wildman–Crippen LogP) is 1.93. The SMILES string of the molecule is COC(=O)CC1Cc2ccc(OC)cc2CCC1=O. The molecule has 4 nitrogen and oxygen atoms in total. The second-order valence-corrected chi connectivity index (χ2v) is 4.78. The summed E-state index contributed by atoms with van der Waals surface area (Å²) in [7, 11) is 2.98. The van der Waals surface area contributed by atoms with Crippen LogP contribution in [0.15, 0.2) is 18.2 Å². The first-order valence-corrected chi connectivity index (χ1v) is 6.39. The molecule has 0 fully saturated rings. The van der Waals surface area contributed by atoms with Gasteiger partial charge in [0.25, 0.3) is 0 Å². The summed E-state index contributed by atoms with van der Waals surface area (Å²) in [4.78, 5) is 23.4. The van der Waals surface area contributed by atoms with Crippen LogP contribution in [-0.2, 0) is 27.2 Å². The van der Waals surface area contributed by atoms with Gasteiger partial charge in [0, 0.05) is 12.3 Å². The number of ether oxygens (including phenoxy) is 2. The van der Waals surface area contributed by atoms with Gasteiger partial charge < -0.3 is 9.47 Å². The number of rotatable bonds is 3. The molecule has 1 unspecified atom stereocenters. The Morgan fingerprint density at radius 1 is 1.26 bits per heavy atom. The minimum Gasteiger partial charge on any atom is -0.497 e. The van der Waals surface area contributed by atoms with Crippen molar-refractivity contribution >= 4 is 11.8 Å². The topological polar surface area (TPSA) is 52.6 Å². The molecule has 2 rings (SSSR count). The fourth-order valence-electron chi connectivity index (χ4n) is 2.47. The van der Waals surface area contributed by atoms with Crippen LogP contribution in [0.5, 0.6) is 5.75 Å². The third kappa shape index (κ3) is 3.13. The number of fused-ring (bicyclic) bond motifs is 1. The molecule has 1 aromatic rings. The Kier molecular flexibility index (Phi) is 4.20. The van der Waals surface area contributed by atoms with Crippen molar-refractivity contribution in [3.8, 4) is 5.75 Å². The van der Waals surface area contributed by atoms with E-state index >= 15 is 0 Å². The molecular weight excluding hydrogens is 244 g/mol. The Morgan fingerprint density at radius 3 is 2.74 bits per heavy atom. The summed E-state index contributed by atoms with van der Waals surface area (Å²) in [6.07, 6.45) is 1.96. The highest BCUT2D eigenvalue weighted by molar-refractivity contribution is 5.86. The molecule has 1 aromatic carbocycles. The Labute approximate surface area is 112 Å². The second-order valence-electron chi connectivity index (χ2n) is 4.78. The van der Waals surface area contributed by atoms with E-state index in [1.165, 1.54) is 7.11 Å². The fourth-order valence-corrected chi connectivity index (χ4v) is 2.47. The van der Waals surface area contributed by atoms with Gasteiger partial charge in [-0.2, -0.15) is 0 Å². The second kappa shape index (κ2) is 5.87. The summed E-state index contributed by atoms with van der Waals surface area (Å²) in [6.45, 7) is 0. The van der Waals surface area contributed by atoms with Gasteiger partial charge in [-0.15, -0.1) is 0 Å². The molecule has 0 aromatic heterocycles. The molecule has 0 saturated heterocycles. The van der Waals surface area contributed by atoms with Gasteiger partial charge >= 0.3 is 5.97 Å². The van der Waals surface area contributed by atoms with Crippen molar-refractivity contribution in [1.29, 1.82) is 0 Å². The van der Waals surface area contributed by atoms with Gasteiger partial charge in [-0.1, -0.05) is 6.07 Å². The van der Waals surface area contributed by atoms with E-state index in [4.69, 9.17) is 4.74 Å². The van der Waals surface area contributed by atoms with Crippen LogP contribution in [0.1, 0.15) is 24.0 Å². The summed E-state index contributed by atoms with van der Waals surface area (Å²) >= 11 is 0. The van der Waals surface area contributed by atoms with Crippen molar-refractivity contribution in [2.75, 3.05) is 14.2 Å². The summed E-state index contributed by atoms with van der Waals surface area (Å²) in [5, 5.41) is 0. The molecule has 0 radical (unpaired) electrons. The number of carbonyl (C=O) groups excluding carboxylic acids is 2. The zero-order valence-electron chi connectivity index (χ0n) is 11.3. The average molecular weight is 262 g/mol. The molecule has 0 aliphatic heterocycles. The predicted molar refractivity (Wildman–Crippen MR) is 70.1 cm³/mol. The highest BCUT2D eigenvalue weighted by Crippen LogP contribution is 2.27. The van der Waals surface area contributed by atoms with E-state index in [-0.39, 0.29) is 24.1 Å². The molecule has 1 atom stereocenters. The van der Waals surface area contributed by atoms with E-state index in [1.54, 1.807) is 7.11 Å². The number of aryl methyl sites for hydroxylation is 1. The summed E-state index contributed by atoms with van der Waals surface area (Å²) in [5.41, 5.74) is 2.26. The van der Waals surface area contributed by atoms with Crippen LogP contribution in [0.25, 0.3) is 0 Å². The minimum absolute atomic E-state index is 0.139. The molecule has 0 spiro atoms. The van der Waals surface area contributed by atoms with Gasteiger partial charge in [-0.3, -0.25) is 9.59 Å². The van der Waals surface area contributed by atoms with E-state index in [0.29, 0.717) is 19.3 Å².